The Kier molecular flexibility index (Phi) is 4.58. The van der Waals surface area contributed by atoms with Crippen molar-refractivity contribution >= 4 is 6.03 Å². The molecule has 1 N–H and O–H groups in total. The number of hydrogen-bond acceptors (Lipinski definition) is 2. The summed E-state index contributed by atoms with van der Waals surface area (Å²) in [6.07, 6.45) is 1.98. The first kappa shape index (κ1) is 19.1. The fourth-order valence-corrected chi connectivity index (χ4v) is 4.29. The smallest absolute Gasteiger partial charge is 0.318 e. The van der Waals surface area contributed by atoms with Gasteiger partial charge in [0.15, 0.2) is 0 Å². The highest BCUT2D eigenvalue weighted by atomic mass is 19.1. The Labute approximate surface area is 179 Å². The van der Waals surface area contributed by atoms with E-state index in [1.54, 1.807) is 24.1 Å². The summed E-state index contributed by atoms with van der Waals surface area (Å²) >= 11 is 0. The lowest BCUT2D eigenvalue weighted by Crippen LogP contribution is -2.40. The van der Waals surface area contributed by atoms with E-state index in [1.165, 1.54) is 12.1 Å². The van der Waals surface area contributed by atoms with Crippen LogP contribution in [0.5, 0.6) is 0 Å². The molecule has 7 heteroatoms. The minimum Gasteiger partial charge on any atom is -0.341 e. The van der Waals surface area contributed by atoms with E-state index in [2.05, 4.69) is 9.88 Å². The number of nitrogens with one attached hydrogen (secondary N) is 1. The lowest BCUT2D eigenvalue weighted by Gasteiger charge is -2.30. The summed E-state index contributed by atoms with van der Waals surface area (Å²) in [5, 5.41) is 7.56. The van der Waals surface area contributed by atoms with E-state index in [0.717, 1.165) is 34.0 Å². The second kappa shape index (κ2) is 7.43. The molecule has 31 heavy (non-hydrogen) atoms. The summed E-state index contributed by atoms with van der Waals surface area (Å²) in [7, 11) is 1.62. The zero-order valence-corrected chi connectivity index (χ0v) is 17.3. The molecule has 0 unspecified atom stereocenters. The van der Waals surface area contributed by atoms with Gasteiger partial charge in [-0.2, -0.15) is 5.10 Å². The third kappa shape index (κ3) is 3.09. The Morgan fingerprint density at radius 3 is 2.52 bits per heavy atom. The van der Waals surface area contributed by atoms with Gasteiger partial charge in [-0.25, -0.2) is 13.9 Å². The largest absolute Gasteiger partial charge is 0.341 e. The molecular weight excluding hydrogens is 393 g/mol. The molecule has 0 saturated carbocycles. The van der Waals surface area contributed by atoms with Crippen molar-refractivity contribution in [3.8, 4) is 11.5 Å². The molecule has 0 aliphatic carbocycles. The van der Waals surface area contributed by atoms with Crippen molar-refractivity contribution in [1.29, 1.82) is 0 Å². The summed E-state index contributed by atoms with van der Waals surface area (Å²) < 4.78 is 17.6. The molecule has 0 bridgehead atoms. The number of aryl methyl sites for hydroxylation is 1. The number of benzene rings is 2. The van der Waals surface area contributed by atoms with Crippen LogP contribution in [0.2, 0.25) is 0 Å². The van der Waals surface area contributed by atoms with Gasteiger partial charge in [0.1, 0.15) is 11.6 Å². The Morgan fingerprint density at radius 1 is 1.06 bits per heavy atom. The van der Waals surface area contributed by atoms with Gasteiger partial charge in [-0.1, -0.05) is 30.3 Å². The number of fused-ring (bicyclic) bond motifs is 3. The number of para-hydroxylation sites is 1. The number of urea groups is 1. The zero-order valence-electron chi connectivity index (χ0n) is 17.3. The second-order valence-electron chi connectivity index (χ2n) is 7.58. The molecule has 2 aromatic heterocycles. The first-order valence-corrected chi connectivity index (χ1v) is 10.1. The van der Waals surface area contributed by atoms with E-state index in [4.69, 9.17) is 5.10 Å². The summed E-state index contributed by atoms with van der Waals surface area (Å²) in [6.45, 7) is 2.33. The van der Waals surface area contributed by atoms with Crippen LogP contribution in [0.1, 0.15) is 28.6 Å². The van der Waals surface area contributed by atoms with Crippen molar-refractivity contribution < 1.29 is 9.18 Å². The highest BCUT2D eigenvalue weighted by Crippen LogP contribution is 2.38. The maximum Gasteiger partial charge on any atom is 0.318 e. The molecule has 1 atom stereocenters. The van der Waals surface area contributed by atoms with E-state index in [0.29, 0.717) is 6.54 Å². The first-order chi connectivity index (χ1) is 15.1. The van der Waals surface area contributed by atoms with Gasteiger partial charge in [0.05, 0.1) is 29.7 Å². The Balaban J connectivity index is 1.77. The summed E-state index contributed by atoms with van der Waals surface area (Å²) in [4.78, 5) is 14.8. The number of amides is 2. The molecule has 2 amide bonds. The fourth-order valence-electron chi connectivity index (χ4n) is 4.29. The van der Waals surface area contributed by atoms with Crippen LogP contribution in [-0.4, -0.2) is 32.3 Å². The SMILES string of the molecule is CNC(=O)N1Cc2c(C)nn(-c3ccccc3)c2-n2cccc2[C@H]1c1ccc(F)cc1. The fraction of sp³-hybridized carbons (Fsp3) is 0.167. The minimum atomic E-state index is -0.383. The molecule has 0 spiro atoms. The van der Waals surface area contributed by atoms with Gasteiger partial charge in [-0.15, -0.1) is 0 Å². The maximum absolute atomic E-state index is 13.6. The van der Waals surface area contributed by atoms with E-state index in [9.17, 15) is 9.18 Å². The van der Waals surface area contributed by atoms with Crippen LogP contribution >= 0.6 is 0 Å². The maximum atomic E-state index is 13.6. The standard InChI is InChI=1S/C24H22FN5O/c1-16-20-15-29(24(31)26-2)22(17-10-12-18(25)13-11-17)21-9-6-14-28(21)23(20)30(27-16)19-7-4-3-5-8-19/h3-14,22H,15H2,1-2H3,(H,26,31)/t22-/m1/s1. The third-order valence-electron chi connectivity index (χ3n) is 5.75. The van der Waals surface area contributed by atoms with Crippen molar-refractivity contribution in [2.24, 2.45) is 0 Å². The average molecular weight is 415 g/mol. The Bertz CT molecular complexity index is 1240. The van der Waals surface area contributed by atoms with Gasteiger partial charge in [0, 0.05) is 18.8 Å². The van der Waals surface area contributed by atoms with Crippen molar-refractivity contribution in [1.82, 2.24) is 24.6 Å². The molecule has 4 aromatic rings. The van der Waals surface area contributed by atoms with Crippen LogP contribution in [0.4, 0.5) is 9.18 Å². The van der Waals surface area contributed by atoms with Crippen LogP contribution in [0.15, 0.2) is 72.9 Å². The first-order valence-electron chi connectivity index (χ1n) is 10.1. The average Bonchev–Trinajstić information content (AvgIpc) is 3.35. The lowest BCUT2D eigenvalue weighted by atomic mass is 10.0. The third-order valence-corrected chi connectivity index (χ3v) is 5.75. The number of halogens is 1. The molecule has 0 fully saturated rings. The van der Waals surface area contributed by atoms with Crippen LogP contribution < -0.4 is 5.32 Å². The molecular formula is C24H22FN5O. The van der Waals surface area contributed by atoms with Crippen LogP contribution in [0, 0.1) is 12.7 Å². The molecule has 3 heterocycles. The van der Waals surface area contributed by atoms with E-state index in [1.807, 2.05) is 60.3 Å². The molecule has 2 aromatic carbocycles. The summed E-state index contributed by atoms with van der Waals surface area (Å²) in [5.41, 5.74) is 4.51. The van der Waals surface area contributed by atoms with Crippen molar-refractivity contribution in [2.75, 3.05) is 7.05 Å². The van der Waals surface area contributed by atoms with Crippen LogP contribution in [0.25, 0.3) is 11.5 Å². The van der Waals surface area contributed by atoms with Gasteiger partial charge in [0.25, 0.3) is 0 Å². The van der Waals surface area contributed by atoms with E-state index in [-0.39, 0.29) is 17.9 Å². The molecule has 5 rings (SSSR count). The van der Waals surface area contributed by atoms with Crippen LogP contribution in [-0.2, 0) is 6.54 Å². The number of aromatic nitrogens is 3. The highest BCUT2D eigenvalue weighted by Gasteiger charge is 2.35. The monoisotopic (exact) mass is 415 g/mol. The van der Waals surface area contributed by atoms with Crippen molar-refractivity contribution in [3.63, 3.8) is 0 Å². The zero-order chi connectivity index (χ0) is 21.5. The lowest BCUT2D eigenvalue weighted by molar-refractivity contribution is 0.182. The predicted molar refractivity (Wildman–Crippen MR) is 116 cm³/mol. The number of carbonyl (C=O) groups is 1. The molecule has 156 valence electrons. The minimum absolute atomic E-state index is 0.207. The number of nitrogens with zero attached hydrogens (tertiary/aromatic N) is 4. The molecule has 0 saturated heterocycles. The van der Waals surface area contributed by atoms with E-state index < -0.39 is 0 Å². The normalized spacial score (nSPS) is 15.2. The number of hydrogen-bond donors (Lipinski definition) is 1. The summed E-state index contributed by atoms with van der Waals surface area (Å²) in [6, 6.07) is 19.6. The summed E-state index contributed by atoms with van der Waals surface area (Å²) in [5.74, 6) is 0.598. The van der Waals surface area contributed by atoms with Crippen molar-refractivity contribution in [3.05, 3.63) is 101 Å². The predicted octanol–water partition coefficient (Wildman–Crippen LogP) is 4.35. The Morgan fingerprint density at radius 2 is 1.81 bits per heavy atom. The van der Waals surface area contributed by atoms with Gasteiger partial charge in [0.2, 0.25) is 0 Å². The quantitative estimate of drug-likeness (QED) is 0.529. The topological polar surface area (TPSA) is 55.1 Å². The van der Waals surface area contributed by atoms with E-state index >= 15 is 0 Å². The molecule has 1 aliphatic rings. The number of rotatable bonds is 2. The molecule has 6 nitrogen and oxygen atoms in total. The second-order valence-corrected chi connectivity index (χ2v) is 7.58. The van der Waals surface area contributed by atoms with Gasteiger partial charge < -0.3 is 14.8 Å². The van der Waals surface area contributed by atoms with Gasteiger partial charge in [-0.3, -0.25) is 0 Å². The van der Waals surface area contributed by atoms with Gasteiger partial charge in [-0.05, 0) is 48.9 Å². The van der Waals surface area contributed by atoms with Crippen molar-refractivity contribution in [2.45, 2.75) is 19.5 Å². The number of carbonyl (C=O) groups excluding carboxylic acids is 1. The molecule has 1 aliphatic heterocycles. The highest BCUT2D eigenvalue weighted by molar-refractivity contribution is 5.75. The Hall–Kier alpha value is -3.87. The van der Waals surface area contributed by atoms with Crippen LogP contribution in [0.3, 0.4) is 0 Å². The van der Waals surface area contributed by atoms with Gasteiger partial charge >= 0.3 is 6.03 Å². The molecule has 0 radical (unpaired) electrons.